The van der Waals surface area contributed by atoms with Gasteiger partial charge in [-0.15, -0.1) is 0 Å². The van der Waals surface area contributed by atoms with Crippen molar-refractivity contribution in [3.63, 3.8) is 0 Å². The molecular weight excluding hydrogens is 350 g/mol. The summed E-state index contributed by atoms with van der Waals surface area (Å²) in [7, 11) is 1.56. The van der Waals surface area contributed by atoms with Gasteiger partial charge in [-0.3, -0.25) is 14.2 Å². The molecule has 0 radical (unpaired) electrons. The van der Waals surface area contributed by atoms with Crippen molar-refractivity contribution in [3.05, 3.63) is 57.7 Å². The molecule has 0 spiro atoms. The molecule has 0 aliphatic rings. The van der Waals surface area contributed by atoms with E-state index >= 15 is 0 Å². The van der Waals surface area contributed by atoms with E-state index in [2.05, 4.69) is 10.3 Å². The molecule has 0 fully saturated rings. The first kappa shape index (κ1) is 16.6. The predicted molar refractivity (Wildman–Crippen MR) is 93.6 cm³/mol. The van der Waals surface area contributed by atoms with Gasteiger partial charge in [0.1, 0.15) is 5.76 Å². The standard InChI is InChI=1S/C16H14ClN3O3S/c1-18-14(21)9-24-16-19-13-7-10(17)4-5-12(13)15(22)20(16)8-11-3-2-6-23-11/h2-7H,8-9H2,1H3,(H,18,21). The molecule has 0 aliphatic heterocycles. The van der Waals surface area contributed by atoms with Crippen LogP contribution in [0.1, 0.15) is 5.76 Å². The van der Waals surface area contributed by atoms with Crippen molar-refractivity contribution in [1.29, 1.82) is 0 Å². The van der Waals surface area contributed by atoms with Gasteiger partial charge in [0, 0.05) is 12.1 Å². The summed E-state index contributed by atoms with van der Waals surface area (Å²) in [5.74, 6) is 0.645. The van der Waals surface area contributed by atoms with Gasteiger partial charge < -0.3 is 9.73 Å². The fraction of sp³-hybridized carbons (Fsp3) is 0.188. The van der Waals surface area contributed by atoms with Crippen LogP contribution in [0, 0.1) is 0 Å². The molecular formula is C16H14ClN3O3S. The van der Waals surface area contributed by atoms with Crippen LogP contribution in [0.25, 0.3) is 10.9 Å². The van der Waals surface area contributed by atoms with Crippen molar-refractivity contribution in [2.75, 3.05) is 12.8 Å². The van der Waals surface area contributed by atoms with E-state index in [1.807, 2.05) is 0 Å². The van der Waals surface area contributed by atoms with Gasteiger partial charge in [-0.05, 0) is 30.3 Å². The Morgan fingerprint density at radius 2 is 2.25 bits per heavy atom. The number of hydrogen-bond donors (Lipinski definition) is 1. The maximum absolute atomic E-state index is 12.8. The van der Waals surface area contributed by atoms with Crippen LogP contribution in [-0.2, 0) is 11.3 Å². The first-order valence-corrected chi connectivity index (χ1v) is 8.50. The summed E-state index contributed by atoms with van der Waals surface area (Å²) in [6, 6.07) is 8.48. The number of nitrogens with zero attached hydrogens (tertiary/aromatic N) is 2. The average Bonchev–Trinajstić information content (AvgIpc) is 3.08. The number of amides is 1. The smallest absolute Gasteiger partial charge is 0.262 e. The van der Waals surface area contributed by atoms with Gasteiger partial charge in [0.05, 0.1) is 29.5 Å². The number of hydrogen-bond acceptors (Lipinski definition) is 5. The lowest BCUT2D eigenvalue weighted by molar-refractivity contribution is -0.118. The molecule has 1 amide bonds. The molecule has 24 heavy (non-hydrogen) atoms. The van der Waals surface area contributed by atoms with Gasteiger partial charge in [-0.25, -0.2) is 4.98 Å². The number of thioether (sulfide) groups is 1. The molecule has 1 N–H and O–H groups in total. The van der Waals surface area contributed by atoms with Crippen LogP contribution in [0.4, 0.5) is 0 Å². The molecule has 3 rings (SSSR count). The second-order valence-corrected chi connectivity index (χ2v) is 6.37. The fourth-order valence-corrected chi connectivity index (χ4v) is 3.22. The van der Waals surface area contributed by atoms with Crippen LogP contribution < -0.4 is 10.9 Å². The lowest BCUT2D eigenvalue weighted by Gasteiger charge is -2.12. The van der Waals surface area contributed by atoms with Crippen molar-refractivity contribution < 1.29 is 9.21 Å². The zero-order valence-corrected chi connectivity index (χ0v) is 14.4. The van der Waals surface area contributed by atoms with E-state index in [0.717, 1.165) is 0 Å². The van der Waals surface area contributed by atoms with Crippen molar-refractivity contribution in [1.82, 2.24) is 14.9 Å². The molecule has 3 aromatic rings. The monoisotopic (exact) mass is 363 g/mol. The Kier molecular flexibility index (Phi) is 4.92. The van der Waals surface area contributed by atoms with E-state index in [9.17, 15) is 9.59 Å². The third-order valence-corrected chi connectivity index (χ3v) is 4.60. The van der Waals surface area contributed by atoms with Crippen LogP contribution in [0.3, 0.4) is 0 Å². The topological polar surface area (TPSA) is 77.1 Å². The van der Waals surface area contributed by atoms with E-state index in [1.165, 1.54) is 16.3 Å². The van der Waals surface area contributed by atoms with Gasteiger partial charge in [0.15, 0.2) is 5.16 Å². The molecule has 0 aliphatic carbocycles. The largest absolute Gasteiger partial charge is 0.467 e. The molecule has 2 aromatic heterocycles. The summed E-state index contributed by atoms with van der Waals surface area (Å²) in [5.41, 5.74) is 0.301. The fourth-order valence-electron chi connectivity index (χ4n) is 2.18. The summed E-state index contributed by atoms with van der Waals surface area (Å²) < 4.78 is 6.83. The number of halogens is 1. The molecule has 0 saturated carbocycles. The molecule has 0 atom stereocenters. The van der Waals surface area contributed by atoms with E-state index in [4.69, 9.17) is 16.0 Å². The Balaban J connectivity index is 2.09. The highest BCUT2D eigenvalue weighted by Gasteiger charge is 2.14. The van der Waals surface area contributed by atoms with Crippen molar-refractivity contribution in [2.45, 2.75) is 11.7 Å². The van der Waals surface area contributed by atoms with Crippen LogP contribution >= 0.6 is 23.4 Å². The molecule has 6 nitrogen and oxygen atoms in total. The third kappa shape index (κ3) is 3.47. The van der Waals surface area contributed by atoms with E-state index in [1.54, 1.807) is 43.6 Å². The van der Waals surface area contributed by atoms with Crippen LogP contribution in [0.2, 0.25) is 5.02 Å². The van der Waals surface area contributed by atoms with E-state index in [-0.39, 0.29) is 23.8 Å². The Hall–Kier alpha value is -2.25. The lowest BCUT2D eigenvalue weighted by atomic mass is 10.2. The number of nitrogens with one attached hydrogen (secondary N) is 1. The number of carbonyl (C=O) groups excluding carboxylic acids is 1. The first-order valence-electron chi connectivity index (χ1n) is 7.14. The van der Waals surface area contributed by atoms with Crippen molar-refractivity contribution in [3.8, 4) is 0 Å². The SMILES string of the molecule is CNC(=O)CSc1nc2cc(Cl)ccc2c(=O)n1Cc1ccco1. The maximum Gasteiger partial charge on any atom is 0.262 e. The molecule has 0 unspecified atom stereocenters. The molecule has 0 bridgehead atoms. The summed E-state index contributed by atoms with van der Waals surface area (Å²) in [6.07, 6.45) is 1.55. The maximum atomic E-state index is 12.8. The molecule has 124 valence electrons. The molecule has 0 saturated heterocycles. The molecule has 2 heterocycles. The Morgan fingerprint density at radius 1 is 1.42 bits per heavy atom. The Bertz CT molecular complexity index is 938. The number of furan rings is 1. The van der Waals surface area contributed by atoms with Gasteiger partial charge in [-0.2, -0.15) is 0 Å². The summed E-state index contributed by atoms with van der Waals surface area (Å²) in [4.78, 5) is 28.9. The minimum absolute atomic E-state index is 0.148. The normalized spacial score (nSPS) is 10.9. The second-order valence-electron chi connectivity index (χ2n) is 4.99. The predicted octanol–water partition coefficient (Wildman–Crippen LogP) is 2.53. The Labute approximate surface area is 146 Å². The zero-order chi connectivity index (χ0) is 17.1. The highest BCUT2D eigenvalue weighted by Crippen LogP contribution is 2.21. The minimum atomic E-state index is -0.201. The Morgan fingerprint density at radius 3 is 2.96 bits per heavy atom. The first-order chi connectivity index (χ1) is 11.6. The number of rotatable bonds is 5. The molecule has 8 heteroatoms. The van der Waals surface area contributed by atoms with E-state index in [0.29, 0.717) is 26.8 Å². The number of fused-ring (bicyclic) bond motifs is 1. The van der Waals surface area contributed by atoms with Crippen LogP contribution in [-0.4, -0.2) is 28.3 Å². The summed E-state index contributed by atoms with van der Waals surface area (Å²) in [6.45, 7) is 0.244. The number of benzene rings is 1. The average molecular weight is 364 g/mol. The van der Waals surface area contributed by atoms with Crippen molar-refractivity contribution >= 4 is 40.2 Å². The molecule has 1 aromatic carbocycles. The highest BCUT2D eigenvalue weighted by molar-refractivity contribution is 7.99. The summed E-state index contributed by atoms with van der Waals surface area (Å²) in [5, 5.41) is 3.95. The van der Waals surface area contributed by atoms with Gasteiger partial charge in [0.2, 0.25) is 5.91 Å². The minimum Gasteiger partial charge on any atom is -0.467 e. The summed E-state index contributed by atoms with van der Waals surface area (Å²) >= 11 is 7.18. The number of aromatic nitrogens is 2. The van der Waals surface area contributed by atoms with Crippen molar-refractivity contribution in [2.24, 2.45) is 0 Å². The van der Waals surface area contributed by atoms with Crippen LogP contribution in [0.5, 0.6) is 0 Å². The highest BCUT2D eigenvalue weighted by atomic mass is 35.5. The van der Waals surface area contributed by atoms with E-state index < -0.39 is 0 Å². The van der Waals surface area contributed by atoms with Gasteiger partial charge >= 0.3 is 0 Å². The zero-order valence-electron chi connectivity index (χ0n) is 12.8. The number of carbonyl (C=O) groups is 1. The lowest BCUT2D eigenvalue weighted by Crippen LogP contribution is -2.25. The van der Waals surface area contributed by atoms with Crippen LogP contribution in [0.15, 0.2) is 51.0 Å². The van der Waals surface area contributed by atoms with Gasteiger partial charge in [-0.1, -0.05) is 23.4 Å². The quantitative estimate of drug-likeness (QED) is 0.556. The van der Waals surface area contributed by atoms with Gasteiger partial charge in [0.25, 0.3) is 5.56 Å². The third-order valence-electron chi connectivity index (χ3n) is 3.39. The second kappa shape index (κ2) is 7.11.